The molecule has 1 aromatic heterocycles. The molecule has 1 aromatic carbocycles. The standard InChI is InChI=1S/C18H24N2O2/c1-12-8-13(2)10-14(9-12)15(21)11-20-17(22)7-6-16(19-20)18(3,4)5/h6-10,15,21H,11H2,1-5H3. The van der Waals surface area contributed by atoms with Crippen molar-refractivity contribution in [1.29, 1.82) is 0 Å². The summed E-state index contributed by atoms with van der Waals surface area (Å²) in [4.78, 5) is 12.0. The van der Waals surface area contributed by atoms with Gasteiger partial charge >= 0.3 is 0 Å². The molecule has 1 N–H and O–H groups in total. The summed E-state index contributed by atoms with van der Waals surface area (Å²) >= 11 is 0. The average Bonchev–Trinajstić information content (AvgIpc) is 2.38. The zero-order valence-electron chi connectivity index (χ0n) is 13.9. The molecule has 4 nitrogen and oxygen atoms in total. The molecule has 1 unspecified atom stereocenters. The Balaban J connectivity index is 2.32. The summed E-state index contributed by atoms with van der Waals surface area (Å²) in [7, 11) is 0. The number of aliphatic hydroxyl groups is 1. The van der Waals surface area contributed by atoms with Gasteiger partial charge in [-0.2, -0.15) is 5.10 Å². The molecule has 1 heterocycles. The monoisotopic (exact) mass is 300 g/mol. The zero-order chi connectivity index (χ0) is 16.5. The maximum atomic E-state index is 12.0. The number of hydrogen-bond acceptors (Lipinski definition) is 3. The van der Waals surface area contributed by atoms with Gasteiger partial charge in [-0.15, -0.1) is 0 Å². The summed E-state index contributed by atoms with van der Waals surface area (Å²) in [5.41, 5.74) is 3.50. The maximum absolute atomic E-state index is 12.0. The number of aryl methyl sites for hydroxylation is 2. The molecule has 2 aromatic rings. The predicted molar refractivity (Wildman–Crippen MR) is 88.1 cm³/mol. The SMILES string of the molecule is Cc1cc(C)cc(C(O)Cn2nc(C(C)(C)C)ccc2=O)c1. The molecule has 0 spiro atoms. The van der Waals surface area contributed by atoms with Gasteiger partial charge in [0.2, 0.25) is 0 Å². The Kier molecular flexibility index (Phi) is 4.52. The number of benzene rings is 1. The first kappa shape index (κ1) is 16.4. The Morgan fingerprint density at radius 3 is 2.27 bits per heavy atom. The van der Waals surface area contributed by atoms with Crippen LogP contribution in [0.3, 0.4) is 0 Å². The quantitative estimate of drug-likeness (QED) is 0.948. The van der Waals surface area contributed by atoms with E-state index in [-0.39, 0.29) is 17.5 Å². The van der Waals surface area contributed by atoms with Crippen LogP contribution in [0.2, 0.25) is 0 Å². The lowest BCUT2D eigenvalue weighted by atomic mass is 9.92. The van der Waals surface area contributed by atoms with Crippen LogP contribution in [0.4, 0.5) is 0 Å². The Hall–Kier alpha value is -1.94. The third kappa shape index (κ3) is 3.83. The fourth-order valence-corrected chi connectivity index (χ4v) is 2.45. The lowest BCUT2D eigenvalue weighted by molar-refractivity contribution is 0.148. The van der Waals surface area contributed by atoms with E-state index < -0.39 is 6.10 Å². The first-order valence-corrected chi connectivity index (χ1v) is 7.52. The van der Waals surface area contributed by atoms with Crippen LogP contribution in [-0.2, 0) is 12.0 Å². The van der Waals surface area contributed by atoms with Gasteiger partial charge in [0.25, 0.3) is 5.56 Å². The molecule has 118 valence electrons. The van der Waals surface area contributed by atoms with E-state index in [9.17, 15) is 9.90 Å². The van der Waals surface area contributed by atoms with E-state index in [1.807, 2.05) is 46.8 Å². The molecular formula is C18H24N2O2. The summed E-state index contributed by atoms with van der Waals surface area (Å²) in [5, 5.41) is 14.8. The molecule has 0 aliphatic heterocycles. The largest absolute Gasteiger partial charge is 0.386 e. The number of rotatable bonds is 3. The molecule has 0 bridgehead atoms. The lowest BCUT2D eigenvalue weighted by Gasteiger charge is -2.19. The van der Waals surface area contributed by atoms with Crippen molar-refractivity contribution >= 4 is 0 Å². The van der Waals surface area contributed by atoms with Gasteiger partial charge in [0, 0.05) is 11.5 Å². The smallest absolute Gasteiger partial charge is 0.266 e. The van der Waals surface area contributed by atoms with E-state index in [2.05, 4.69) is 11.2 Å². The van der Waals surface area contributed by atoms with Crippen molar-refractivity contribution in [1.82, 2.24) is 9.78 Å². The molecule has 0 saturated heterocycles. The van der Waals surface area contributed by atoms with Crippen molar-refractivity contribution in [3.63, 3.8) is 0 Å². The first-order valence-electron chi connectivity index (χ1n) is 7.52. The topological polar surface area (TPSA) is 55.1 Å². The van der Waals surface area contributed by atoms with Crippen molar-refractivity contribution in [2.24, 2.45) is 0 Å². The van der Waals surface area contributed by atoms with Crippen LogP contribution in [0.15, 0.2) is 35.1 Å². The Morgan fingerprint density at radius 2 is 1.73 bits per heavy atom. The minimum atomic E-state index is -0.751. The van der Waals surface area contributed by atoms with E-state index in [0.717, 1.165) is 22.4 Å². The van der Waals surface area contributed by atoms with Crippen molar-refractivity contribution in [3.05, 3.63) is 63.1 Å². The van der Waals surface area contributed by atoms with Gasteiger partial charge in [-0.3, -0.25) is 4.79 Å². The second-order valence-electron chi connectivity index (χ2n) is 6.93. The Morgan fingerprint density at radius 1 is 1.14 bits per heavy atom. The second kappa shape index (κ2) is 6.05. The summed E-state index contributed by atoms with van der Waals surface area (Å²) in [6.45, 7) is 10.3. The van der Waals surface area contributed by atoms with Crippen molar-refractivity contribution < 1.29 is 5.11 Å². The molecular weight excluding hydrogens is 276 g/mol. The van der Waals surface area contributed by atoms with Gasteiger partial charge in [0.1, 0.15) is 0 Å². The minimum absolute atomic E-state index is 0.139. The average molecular weight is 300 g/mol. The number of aromatic nitrogens is 2. The summed E-state index contributed by atoms with van der Waals surface area (Å²) in [6, 6.07) is 9.21. The van der Waals surface area contributed by atoms with Gasteiger partial charge in [-0.25, -0.2) is 4.68 Å². The van der Waals surface area contributed by atoms with Gasteiger partial charge < -0.3 is 5.11 Å². The maximum Gasteiger partial charge on any atom is 0.266 e. The lowest BCUT2D eigenvalue weighted by Crippen LogP contribution is -2.29. The first-order chi connectivity index (χ1) is 10.2. The number of nitrogens with zero attached hydrogens (tertiary/aromatic N) is 2. The highest BCUT2D eigenvalue weighted by Gasteiger charge is 2.18. The van der Waals surface area contributed by atoms with Crippen LogP contribution in [-0.4, -0.2) is 14.9 Å². The highest BCUT2D eigenvalue weighted by molar-refractivity contribution is 5.29. The molecule has 4 heteroatoms. The fraction of sp³-hybridized carbons (Fsp3) is 0.444. The molecule has 0 aliphatic carbocycles. The van der Waals surface area contributed by atoms with Crippen molar-refractivity contribution in [3.8, 4) is 0 Å². The fourth-order valence-electron chi connectivity index (χ4n) is 2.45. The predicted octanol–water partition coefficient (Wildman–Crippen LogP) is 2.89. The Labute approximate surface area is 131 Å². The molecule has 1 atom stereocenters. The van der Waals surface area contributed by atoms with Gasteiger partial charge in [0.05, 0.1) is 18.3 Å². The van der Waals surface area contributed by atoms with E-state index >= 15 is 0 Å². The molecule has 0 fully saturated rings. The van der Waals surface area contributed by atoms with Gasteiger partial charge in [0.15, 0.2) is 0 Å². The van der Waals surface area contributed by atoms with Gasteiger partial charge in [-0.1, -0.05) is 50.1 Å². The summed E-state index contributed by atoms with van der Waals surface area (Å²) < 4.78 is 1.35. The van der Waals surface area contributed by atoms with Crippen LogP contribution in [0.25, 0.3) is 0 Å². The molecule has 0 radical (unpaired) electrons. The summed E-state index contributed by atoms with van der Waals surface area (Å²) in [5.74, 6) is 0. The highest BCUT2D eigenvalue weighted by atomic mass is 16.3. The highest BCUT2D eigenvalue weighted by Crippen LogP contribution is 2.20. The van der Waals surface area contributed by atoms with Crippen molar-refractivity contribution in [2.45, 2.75) is 52.7 Å². The van der Waals surface area contributed by atoms with E-state index in [4.69, 9.17) is 0 Å². The van der Waals surface area contributed by atoms with Crippen LogP contribution < -0.4 is 5.56 Å². The second-order valence-corrected chi connectivity index (χ2v) is 6.93. The molecule has 0 aliphatic rings. The van der Waals surface area contributed by atoms with Crippen LogP contribution in [0.5, 0.6) is 0 Å². The molecule has 0 saturated carbocycles. The Bertz CT molecular complexity index is 706. The number of aliphatic hydroxyl groups excluding tert-OH is 1. The van der Waals surface area contributed by atoms with Crippen molar-refractivity contribution in [2.75, 3.05) is 0 Å². The van der Waals surface area contributed by atoms with E-state index in [1.54, 1.807) is 6.07 Å². The van der Waals surface area contributed by atoms with Gasteiger partial charge in [-0.05, 0) is 25.5 Å². The molecule has 2 rings (SSSR count). The third-order valence-electron chi connectivity index (χ3n) is 3.61. The van der Waals surface area contributed by atoms with Crippen LogP contribution in [0, 0.1) is 13.8 Å². The van der Waals surface area contributed by atoms with Crippen LogP contribution in [0.1, 0.15) is 49.3 Å². The normalized spacial score (nSPS) is 13.2. The summed E-state index contributed by atoms with van der Waals surface area (Å²) in [6.07, 6.45) is -0.751. The molecule has 22 heavy (non-hydrogen) atoms. The van der Waals surface area contributed by atoms with Crippen LogP contribution >= 0.6 is 0 Å². The van der Waals surface area contributed by atoms with E-state index in [1.165, 1.54) is 10.7 Å². The third-order valence-corrected chi connectivity index (χ3v) is 3.61. The minimum Gasteiger partial charge on any atom is -0.386 e. The van der Waals surface area contributed by atoms with E-state index in [0.29, 0.717) is 0 Å². The molecule has 0 amide bonds. The number of hydrogen-bond donors (Lipinski definition) is 1. The zero-order valence-corrected chi connectivity index (χ0v) is 13.9.